The van der Waals surface area contributed by atoms with Crippen LogP contribution in [-0.4, -0.2) is 30.2 Å². The highest BCUT2D eigenvalue weighted by atomic mass is 35.5. The number of hydrogen-bond acceptors (Lipinski definition) is 5. The van der Waals surface area contributed by atoms with Crippen LogP contribution in [0, 0.1) is 0 Å². The summed E-state index contributed by atoms with van der Waals surface area (Å²) in [6.07, 6.45) is 1.65. The number of ether oxygens (including phenoxy) is 1. The van der Waals surface area contributed by atoms with Gasteiger partial charge in [0.15, 0.2) is 0 Å². The van der Waals surface area contributed by atoms with Crippen molar-refractivity contribution in [2.24, 2.45) is 10.7 Å². The van der Waals surface area contributed by atoms with Crippen molar-refractivity contribution in [1.29, 1.82) is 0 Å². The molecule has 0 aliphatic carbocycles. The summed E-state index contributed by atoms with van der Waals surface area (Å²) < 4.78 is 4.53. The number of methoxy groups -OCH3 is 1. The minimum atomic E-state index is -1.91. The van der Waals surface area contributed by atoms with Gasteiger partial charge in [0.25, 0.3) is 0 Å². The maximum absolute atomic E-state index is 12.5. The number of carboxylic acids is 1. The number of nitrogens with one attached hydrogen (secondary N) is 1. The molecular formula is C20H15Cl2N3O5. The van der Waals surface area contributed by atoms with Crippen molar-refractivity contribution < 1.29 is 24.2 Å². The first-order chi connectivity index (χ1) is 14.2. The van der Waals surface area contributed by atoms with Gasteiger partial charge in [-0.05, 0) is 35.9 Å². The van der Waals surface area contributed by atoms with Gasteiger partial charge in [0.2, 0.25) is 11.4 Å². The fourth-order valence-corrected chi connectivity index (χ4v) is 3.76. The van der Waals surface area contributed by atoms with Gasteiger partial charge in [-0.15, -0.1) is 0 Å². The minimum absolute atomic E-state index is 0.152. The molecule has 4 N–H and O–H groups in total. The first-order valence-electron chi connectivity index (χ1n) is 8.45. The number of halogens is 2. The Labute approximate surface area is 180 Å². The van der Waals surface area contributed by atoms with Crippen LogP contribution in [0.15, 0.2) is 53.5 Å². The van der Waals surface area contributed by atoms with Crippen LogP contribution in [0.2, 0.25) is 10.0 Å². The second-order valence-electron chi connectivity index (χ2n) is 6.25. The summed E-state index contributed by atoms with van der Waals surface area (Å²) in [6, 6.07) is 8.92. The Morgan fingerprint density at radius 3 is 2.43 bits per heavy atom. The van der Waals surface area contributed by atoms with E-state index in [0.717, 1.165) is 6.08 Å². The second-order valence-corrected chi connectivity index (χ2v) is 7.10. The molecule has 3 rings (SSSR count). The van der Waals surface area contributed by atoms with Gasteiger partial charge >= 0.3 is 12.1 Å². The zero-order valence-electron chi connectivity index (χ0n) is 15.5. The number of hydrogen-bond donors (Lipinski definition) is 3. The topological polar surface area (TPSA) is 131 Å². The molecule has 1 aliphatic rings. The van der Waals surface area contributed by atoms with Crippen LogP contribution < -0.4 is 21.6 Å². The lowest BCUT2D eigenvalue weighted by Crippen LogP contribution is -2.35. The third kappa shape index (κ3) is 3.74. The van der Waals surface area contributed by atoms with Gasteiger partial charge in [-0.1, -0.05) is 35.3 Å². The van der Waals surface area contributed by atoms with Crippen molar-refractivity contribution in [2.45, 2.75) is 5.54 Å². The average molecular weight is 448 g/mol. The molecule has 0 saturated carbocycles. The van der Waals surface area contributed by atoms with Crippen LogP contribution >= 0.6 is 23.2 Å². The van der Waals surface area contributed by atoms with Crippen molar-refractivity contribution in [1.82, 2.24) is 0 Å². The summed E-state index contributed by atoms with van der Waals surface area (Å²) in [7, 11) is 1.22. The maximum Gasteiger partial charge on any atom is 0.411 e. The molecule has 0 saturated heterocycles. The SMILES string of the molecule is COC(=O)Nc1ccc(C2(C(=O)O)N=c3cc(Cl)cc(Cl)c3=C2/C=C\C(N)=O)cc1. The molecule has 1 aliphatic heterocycles. The molecule has 2 aromatic rings. The Bertz CT molecular complexity index is 1210. The predicted molar refractivity (Wildman–Crippen MR) is 111 cm³/mol. The summed E-state index contributed by atoms with van der Waals surface area (Å²) in [5.74, 6) is -2.07. The fraction of sp³-hybridized carbons (Fsp3) is 0.100. The van der Waals surface area contributed by atoms with Crippen molar-refractivity contribution in [3.8, 4) is 0 Å². The Balaban J connectivity index is 2.28. The molecule has 0 spiro atoms. The molecule has 0 fully saturated rings. The number of benzene rings is 2. The van der Waals surface area contributed by atoms with Crippen molar-refractivity contribution >= 4 is 52.4 Å². The third-order valence-corrected chi connectivity index (χ3v) is 4.96. The van der Waals surface area contributed by atoms with E-state index in [4.69, 9.17) is 28.9 Å². The molecule has 2 amide bonds. The van der Waals surface area contributed by atoms with Crippen LogP contribution in [-0.2, 0) is 19.9 Å². The van der Waals surface area contributed by atoms with Gasteiger partial charge in [-0.25, -0.2) is 9.59 Å². The lowest BCUT2D eigenvalue weighted by Gasteiger charge is -2.25. The molecule has 154 valence electrons. The van der Waals surface area contributed by atoms with Crippen LogP contribution in [0.25, 0.3) is 5.57 Å². The highest BCUT2D eigenvalue weighted by Gasteiger charge is 2.46. The van der Waals surface area contributed by atoms with Crippen molar-refractivity contribution in [2.75, 3.05) is 12.4 Å². The predicted octanol–water partition coefficient (Wildman–Crippen LogP) is 1.98. The number of fused-ring (bicyclic) bond motifs is 1. The molecule has 10 heteroatoms. The average Bonchev–Trinajstić information content (AvgIpc) is 3.02. The Hall–Kier alpha value is -3.36. The summed E-state index contributed by atoms with van der Waals surface area (Å²) in [4.78, 5) is 39.7. The lowest BCUT2D eigenvalue weighted by molar-refractivity contribution is -0.141. The van der Waals surface area contributed by atoms with Crippen LogP contribution in [0.1, 0.15) is 5.56 Å². The van der Waals surface area contributed by atoms with Crippen LogP contribution in [0.5, 0.6) is 0 Å². The summed E-state index contributed by atoms with van der Waals surface area (Å²) >= 11 is 12.4. The standard InChI is InChI=1S/C20H15Cl2N3O5/c1-30-19(29)24-12-4-2-10(3-5-12)20(18(27)28)13(6-7-16(23)26)17-14(22)8-11(21)9-15(17)25-20/h2-9H,1H3,(H2,23,26)(H,24,29)(H,27,28)/b7-6-. The number of carboxylic acid groups (broad SMARTS) is 1. The fourth-order valence-electron chi connectivity index (χ4n) is 3.18. The summed E-state index contributed by atoms with van der Waals surface area (Å²) in [5.41, 5.74) is 4.10. The van der Waals surface area contributed by atoms with Gasteiger partial charge in [0, 0.05) is 27.6 Å². The maximum atomic E-state index is 12.5. The van der Waals surface area contributed by atoms with Gasteiger partial charge in [-0.2, -0.15) is 0 Å². The largest absolute Gasteiger partial charge is 0.479 e. The zero-order valence-corrected chi connectivity index (χ0v) is 17.0. The summed E-state index contributed by atoms with van der Waals surface area (Å²) in [5, 5.41) is 13.7. The van der Waals surface area contributed by atoms with E-state index in [-0.39, 0.29) is 26.5 Å². The number of rotatable bonds is 5. The monoisotopic (exact) mass is 447 g/mol. The number of primary amides is 1. The Kier molecular flexibility index (Phi) is 5.82. The van der Waals surface area contributed by atoms with Crippen molar-refractivity contribution in [3.05, 3.63) is 74.7 Å². The third-order valence-electron chi connectivity index (χ3n) is 4.44. The van der Waals surface area contributed by atoms with E-state index >= 15 is 0 Å². The second kappa shape index (κ2) is 8.17. The Morgan fingerprint density at radius 2 is 1.87 bits per heavy atom. The number of anilines is 1. The van der Waals surface area contributed by atoms with Crippen molar-refractivity contribution in [3.63, 3.8) is 0 Å². The summed E-state index contributed by atoms with van der Waals surface area (Å²) in [6.45, 7) is 0. The van der Waals surface area contributed by atoms with Gasteiger partial charge in [-0.3, -0.25) is 15.1 Å². The normalized spacial score (nSPS) is 17.4. The molecule has 1 unspecified atom stereocenters. The molecule has 8 nitrogen and oxygen atoms in total. The van der Waals surface area contributed by atoms with E-state index in [9.17, 15) is 19.5 Å². The molecule has 0 aromatic heterocycles. The highest BCUT2D eigenvalue weighted by molar-refractivity contribution is 6.34. The molecule has 1 atom stereocenters. The number of amides is 2. The number of nitrogens with zero attached hydrogens (tertiary/aromatic N) is 1. The van der Waals surface area contributed by atoms with E-state index in [1.165, 1.54) is 49.6 Å². The number of carbonyl (C=O) groups excluding carboxylic acids is 2. The first kappa shape index (κ1) is 21.4. The van der Waals surface area contributed by atoms with Gasteiger partial charge in [0.1, 0.15) is 0 Å². The van der Waals surface area contributed by atoms with E-state index in [0.29, 0.717) is 10.9 Å². The lowest BCUT2D eigenvalue weighted by atomic mass is 9.83. The smallest absolute Gasteiger partial charge is 0.411 e. The van der Waals surface area contributed by atoms with E-state index in [1.807, 2.05) is 0 Å². The van der Waals surface area contributed by atoms with E-state index in [2.05, 4.69) is 15.0 Å². The zero-order chi connectivity index (χ0) is 22.1. The van der Waals surface area contributed by atoms with Crippen LogP contribution in [0.4, 0.5) is 10.5 Å². The first-order valence-corrected chi connectivity index (χ1v) is 9.20. The van der Waals surface area contributed by atoms with E-state index < -0.39 is 23.5 Å². The molecule has 1 heterocycles. The van der Waals surface area contributed by atoms with E-state index in [1.54, 1.807) is 0 Å². The quantitative estimate of drug-likeness (QED) is 0.602. The molecular weight excluding hydrogens is 433 g/mol. The molecule has 0 radical (unpaired) electrons. The van der Waals surface area contributed by atoms with Gasteiger partial charge in [0.05, 0.1) is 17.5 Å². The number of nitrogens with two attached hydrogens (primary N) is 1. The minimum Gasteiger partial charge on any atom is -0.479 e. The van der Waals surface area contributed by atoms with Crippen LogP contribution in [0.3, 0.4) is 0 Å². The Morgan fingerprint density at radius 1 is 1.20 bits per heavy atom. The number of aliphatic carboxylic acids is 1. The molecule has 0 bridgehead atoms. The molecule has 30 heavy (non-hydrogen) atoms. The number of carbonyl (C=O) groups is 3. The van der Waals surface area contributed by atoms with Gasteiger partial charge < -0.3 is 15.6 Å². The highest BCUT2D eigenvalue weighted by Crippen LogP contribution is 2.38. The molecule has 2 aromatic carbocycles.